The van der Waals surface area contributed by atoms with Crippen molar-refractivity contribution >= 4 is 27.7 Å². The molecule has 1 atom stereocenters. The minimum Gasteiger partial charge on any atom is -0.368 e. The second-order valence-corrected chi connectivity index (χ2v) is 4.78. The molecule has 0 radical (unpaired) electrons. The Morgan fingerprint density at radius 2 is 2.17 bits per heavy atom. The van der Waals surface area contributed by atoms with E-state index in [9.17, 15) is 14.0 Å². The van der Waals surface area contributed by atoms with Crippen LogP contribution in [0.1, 0.15) is 16.8 Å². The van der Waals surface area contributed by atoms with Gasteiger partial charge in [0.1, 0.15) is 11.9 Å². The van der Waals surface area contributed by atoms with Gasteiger partial charge >= 0.3 is 0 Å². The van der Waals surface area contributed by atoms with Gasteiger partial charge in [-0.25, -0.2) is 4.39 Å². The van der Waals surface area contributed by atoms with E-state index < -0.39 is 23.7 Å². The Balaban J connectivity index is 2.78. The Kier molecular flexibility index (Phi) is 5.03. The van der Waals surface area contributed by atoms with E-state index >= 15 is 0 Å². The first-order valence-corrected chi connectivity index (χ1v) is 5.88. The Bertz CT molecular complexity index is 491. The Hall–Kier alpha value is -1.69. The molecule has 18 heavy (non-hydrogen) atoms. The fourth-order valence-corrected chi connectivity index (χ4v) is 1.64. The zero-order chi connectivity index (χ0) is 13.7. The number of nitrogens with one attached hydrogen (secondary N) is 1. The molecular weight excluding hydrogens is 303 g/mol. The van der Waals surface area contributed by atoms with Gasteiger partial charge in [-0.2, -0.15) is 0 Å². The average molecular weight is 315 g/mol. The molecule has 0 heterocycles. The van der Waals surface area contributed by atoms with Crippen LogP contribution in [0.5, 0.6) is 0 Å². The highest BCUT2D eigenvalue weighted by Gasteiger charge is 2.19. The van der Waals surface area contributed by atoms with E-state index in [1.54, 1.807) is 0 Å². The number of nitrogens with two attached hydrogens (primary N) is 1. The number of primary amides is 1. The quantitative estimate of drug-likeness (QED) is 0.868. The third kappa shape index (κ3) is 4.29. The third-order valence-electron chi connectivity index (χ3n) is 2.16. The summed E-state index contributed by atoms with van der Waals surface area (Å²) in [6, 6.07) is 4.28. The molecule has 0 saturated heterocycles. The van der Waals surface area contributed by atoms with Crippen LogP contribution in [0.15, 0.2) is 35.3 Å². The normalized spacial score (nSPS) is 11.7. The molecule has 4 nitrogen and oxygen atoms in total. The second kappa shape index (κ2) is 6.30. The molecule has 0 spiro atoms. The van der Waals surface area contributed by atoms with Crippen molar-refractivity contribution in [1.29, 1.82) is 0 Å². The molecule has 0 saturated carbocycles. The van der Waals surface area contributed by atoms with Crippen molar-refractivity contribution < 1.29 is 14.0 Å². The first-order valence-electron chi connectivity index (χ1n) is 5.09. The Morgan fingerprint density at radius 1 is 1.50 bits per heavy atom. The highest BCUT2D eigenvalue weighted by Crippen LogP contribution is 2.11. The Morgan fingerprint density at radius 3 is 2.67 bits per heavy atom. The molecule has 1 rings (SSSR count). The fraction of sp³-hybridized carbons (Fsp3) is 0.167. The summed E-state index contributed by atoms with van der Waals surface area (Å²) in [6.07, 6.45) is 0.177. The maximum atomic E-state index is 12.9. The maximum Gasteiger partial charge on any atom is 0.252 e. The summed E-state index contributed by atoms with van der Waals surface area (Å²) >= 11 is 3.09. The van der Waals surface area contributed by atoms with E-state index in [1.807, 2.05) is 0 Å². The molecule has 1 aromatic rings. The number of halogens is 2. The minimum absolute atomic E-state index is 0.126. The zero-order valence-corrected chi connectivity index (χ0v) is 11.0. The van der Waals surface area contributed by atoms with Crippen LogP contribution < -0.4 is 11.1 Å². The number of amides is 2. The van der Waals surface area contributed by atoms with Gasteiger partial charge in [0.15, 0.2) is 0 Å². The van der Waals surface area contributed by atoms with Gasteiger partial charge in [0.05, 0.1) is 0 Å². The molecule has 2 amide bonds. The van der Waals surface area contributed by atoms with Crippen molar-refractivity contribution in [1.82, 2.24) is 5.32 Å². The molecule has 3 N–H and O–H groups in total. The lowest BCUT2D eigenvalue weighted by molar-refractivity contribution is -0.119. The van der Waals surface area contributed by atoms with Gasteiger partial charge in [0.25, 0.3) is 5.91 Å². The summed E-state index contributed by atoms with van der Waals surface area (Å²) in [5.41, 5.74) is 5.28. The molecular formula is C12H12BrFN2O2. The summed E-state index contributed by atoms with van der Waals surface area (Å²) in [6.45, 7) is 3.57. The van der Waals surface area contributed by atoms with E-state index in [1.165, 1.54) is 18.2 Å². The van der Waals surface area contributed by atoms with Crippen LogP contribution >= 0.6 is 15.9 Å². The zero-order valence-electron chi connectivity index (χ0n) is 9.45. The number of rotatable bonds is 5. The topological polar surface area (TPSA) is 72.2 Å². The van der Waals surface area contributed by atoms with E-state index in [0.717, 1.165) is 6.07 Å². The van der Waals surface area contributed by atoms with Crippen LogP contribution in [-0.2, 0) is 4.79 Å². The molecule has 1 aromatic carbocycles. The molecule has 0 aliphatic heterocycles. The number of hydrogen-bond donors (Lipinski definition) is 2. The Labute approximate surface area is 112 Å². The lowest BCUT2D eigenvalue weighted by Crippen LogP contribution is -2.44. The predicted molar refractivity (Wildman–Crippen MR) is 69.5 cm³/mol. The SMILES string of the molecule is C=C(Br)C[C@H](NC(=O)c1cccc(F)c1)C(N)=O. The predicted octanol–water partition coefficient (Wildman–Crippen LogP) is 1.71. The summed E-state index contributed by atoms with van der Waals surface area (Å²) in [4.78, 5) is 22.9. The van der Waals surface area contributed by atoms with Crippen LogP contribution in [0.3, 0.4) is 0 Å². The molecule has 6 heteroatoms. The van der Waals surface area contributed by atoms with Crippen molar-refractivity contribution in [3.05, 3.63) is 46.7 Å². The smallest absolute Gasteiger partial charge is 0.252 e. The molecule has 96 valence electrons. The number of carbonyl (C=O) groups excluding carboxylic acids is 2. The number of hydrogen-bond acceptors (Lipinski definition) is 2. The lowest BCUT2D eigenvalue weighted by atomic mass is 10.1. The highest BCUT2D eigenvalue weighted by atomic mass is 79.9. The average Bonchev–Trinajstić information content (AvgIpc) is 2.27. The monoisotopic (exact) mass is 314 g/mol. The fourth-order valence-electron chi connectivity index (χ4n) is 1.32. The largest absolute Gasteiger partial charge is 0.368 e. The summed E-state index contributed by atoms with van der Waals surface area (Å²) in [5.74, 6) is -1.77. The van der Waals surface area contributed by atoms with Crippen LogP contribution in [0.4, 0.5) is 4.39 Å². The molecule has 0 aliphatic rings. The van der Waals surface area contributed by atoms with Crippen molar-refractivity contribution in [2.75, 3.05) is 0 Å². The van der Waals surface area contributed by atoms with Gasteiger partial charge in [-0.05, 0) is 22.7 Å². The first kappa shape index (κ1) is 14.4. The van der Waals surface area contributed by atoms with E-state index in [2.05, 4.69) is 27.8 Å². The van der Waals surface area contributed by atoms with Gasteiger partial charge in [0.2, 0.25) is 5.91 Å². The summed E-state index contributed by atoms with van der Waals surface area (Å²) in [5, 5.41) is 2.42. The standard InChI is InChI=1S/C12H12BrFN2O2/c1-7(13)5-10(11(15)17)16-12(18)8-3-2-4-9(14)6-8/h2-4,6,10H,1,5H2,(H2,15,17)(H,16,18)/t10-/m0/s1. The van der Waals surface area contributed by atoms with Crippen molar-refractivity contribution in [3.8, 4) is 0 Å². The van der Waals surface area contributed by atoms with Crippen molar-refractivity contribution in [2.24, 2.45) is 5.73 Å². The molecule has 0 unspecified atom stereocenters. The lowest BCUT2D eigenvalue weighted by Gasteiger charge is -2.14. The maximum absolute atomic E-state index is 12.9. The summed E-state index contributed by atoms with van der Waals surface area (Å²) < 4.78 is 13.5. The van der Waals surface area contributed by atoms with Gasteiger partial charge in [0, 0.05) is 12.0 Å². The summed E-state index contributed by atoms with van der Waals surface area (Å²) in [7, 11) is 0. The van der Waals surface area contributed by atoms with Crippen LogP contribution in [0.2, 0.25) is 0 Å². The van der Waals surface area contributed by atoms with Crippen LogP contribution in [0, 0.1) is 5.82 Å². The van der Waals surface area contributed by atoms with Crippen LogP contribution in [0.25, 0.3) is 0 Å². The van der Waals surface area contributed by atoms with E-state index in [4.69, 9.17) is 5.73 Å². The third-order valence-corrected chi connectivity index (χ3v) is 2.48. The molecule has 0 aliphatic carbocycles. The number of carbonyl (C=O) groups is 2. The van der Waals surface area contributed by atoms with Gasteiger partial charge in [-0.15, -0.1) is 0 Å². The van der Waals surface area contributed by atoms with Gasteiger partial charge < -0.3 is 11.1 Å². The van der Waals surface area contributed by atoms with Gasteiger partial charge in [-0.1, -0.05) is 28.6 Å². The molecule has 0 fully saturated rings. The van der Waals surface area contributed by atoms with Crippen molar-refractivity contribution in [3.63, 3.8) is 0 Å². The highest BCUT2D eigenvalue weighted by molar-refractivity contribution is 9.11. The first-order chi connectivity index (χ1) is 8.40. The van der Waals surface area contributed by atoms with E-state index in [0.29, 0.717) is 4.48 Å². The van der Waals surface area contributed by atoms with Gasteiger partial charge in [-0.3, -0.25) is 9.59 Å². The van der Waals surface area contributed by atoms with Crippen molar-refractivity contribution in [2.45, 2.75) is 12.5 Å². The van der Waals surface area contributed by atoms with Crippen LogP contribution in [-0.4, -0.2) is 17.9 Å². The number of benzene rings is 1. The minimum atomic E-state index is -0.882. The van der Waals surface area contributed by atoms with E-state index in [-0.39, 0.29) is 12.0 Å². The molecule has 0 bridgehead atoms. The second-order valence-electron chi connectivity index (χ2n) is 3.66. The molecule has 0 aromatic heterocycles.